The second kappa shape index (κ2) is 3.02. The summed E-state index contributed by atoms with van der Waals surface area (Å²) in [5.41, 5.74) is 0.867. The predicted octanol–water partition coefficient (Wildman–Crippen LogP) is 4.35. The van der Waals surface area contributed by atoms with Crippen LogP contribution in [0.5, 0.6) is 0 Å². The molecule has 7 unspecified atom stereocenters. The first kappa shape index (κ1) is 10.2. The van der Waals surface area contributed by atoms with Gasteiger partial charge in [-0.05, 0) is 47.3 Å². The highest BCUT2D eigenvalue weighted by atomic mass is 14.9. The topological polar surface area (TPSA) is 0 Å². The van der Waals surface area contributed by atoms with Crippen LogP contribution in [-0.2, 0) is 0 Å². The van der Waals surface area contributed by atoms with Crippen LogP contribution in [0.2, 0.25) is 0 Å². The van der Waals surface area contributed by atoms with Crippen LogP contribution in [-0.4, -0.2) is 0 Å². The molecule has 0 nitrogen and oxygen atoms in total. The van der Waals surface area contributed by atoms with Crippen molar-refractivity contribution in [2.45, 2.75) is 53.4 Å². The Bertz CT molecular complexity index is 269. The molecule has 3 rings (SSSR count). The highest BCUT2D eigenvalue weighted by Gasteiger charge is 2.83. The van der Waals surface area contributed by atoms with Crippen molar-refractivity contribution in [2.75, 3.05) is 0 Å². The first-order valence-corrected chi connectivity index (χ1v) is 7.20. The predicted molar refractivity (Wildman–Crippen MR) is 64.5 cm³/mol. The van der Waals surface area contributed by atoms with Gasteiger partial charge in [-0.2, -0.15) is 0 Å². The van der Waals surface area contributed by atoms with E-state index in [-0.39, 0.29) is 0 Å². The Hall–Kier alpha value is 0. The number of hydrogen-bond acceptors (Lipinski definition) is 0. The maximum Gasteiger partial charge on any atom is -0.0201 e. The van der Waals surface area contributed by atoms with Gasteiger partial charge >= 0.3 is 0 Å². The third kappa shape index (κ3) is 0.913. The maximum absolute atomic E-state index is 2.54. The zero-order valence-corrected chi connectivity index (χ0v) is 10.8. The lowest BCUT2D eigenvalue weighted by Gasteiger charge is -2.63. The minimum absolute atomic E-state index is 0.867. The molecule has 3 fully saturated rings. The molecule has 0 radical (unpaired) electrons. The molecule has 3 aliphatic carbocycles. The molecule has 0 spiro atoms. The molecule has 0 aliphatic heterocycles. The van der Waals surface area contributed by atoms with Crippen molar-refractivity contribution >= 4 is 0 Å². The quantitative estimate of drug-likeness (QED) is 0.641. The summed E-state index contributed by atoms with van der Waals surface area (Å²) in [5.74, 6) is 6.71. The van der Waals surface area contributed by atoms with E-state index < -0.39 is 0 Å². The average Bonchev–Trinajstić information content (AvgIpc) is 2.68. The Kier molecular flexibility index (Phi) is 2.05. The van der Waals surface area contributed by atoms with Crippen LogP contribution in [0.15, 0.2) is 0 Å². The van der Waals surface area contributed by atoms with Gasteiger partial charge in [-0.1, -0.05) is 47.0 Å². The monoisotopic (exact) mass is 206 g/mol. The number of fused-ring (bicyclic) bond motifs is 4. The van der Waals surface area contributed by atoms with Crippen LogP contribution in [0, 0.1) is 40.9 Å². The van der Waals surface area contributed by atoms with Crippen LogP contribution in [0.25, 0.3) is 0 Å². The number of hydrogen-bond donors (Lipinski definition) is 0. The van der Waals surface area contributed by atoms with E-state index in [1.165, 1.54) is 19.3 Å². The number of unbranched alkanes of at least 4 members (excludes halogenated alkanes) is 1. The molecule has 0 heterocycles. The van der Waals surface area contributed by atoms with Gasteiger partial charge in [0.25, 0.3) is 0 Å². The van der Waals surface area contributed by atoms with Crippen molar-refractivity contribution < 1.29 is 0 Å². The summed E-state index contributed by atoms with van der Waals surface area (Å²) in [5, 5.41) is 0. The van der Waals surface area contributed by atoms with E-state index in [1.54, 1.807) is 6.42 Å². The van der Waals surface area contributed by atoms with Gasteiger partial charge in [0.1, 0.15) is 0 Å². The summed E-state index contributed by atoms with van der Waals surface area (Å²) in [6.07, 6.45) is 5.87. The number of rotatable bonds is 4. The largest absolute Gasteiger partial charge is 0.0654 e. The van der Waals surface area contributed by atoms with Crippen LogP contribution < -0.4 is 0 Å². The van der Waals surface area contributed by atoms with E-state index in [9.17, 15) is 0 Å². The van der Waals surface area contributed by atoms with E-state index >= 15 is 0 Å². The van der Waals surface area contributed by atoms with Crippen molar-refractivity contribution in [1.82, 2.24) is 0 Å². The zero-order valence-electron chi connectivity index (χ0n) is 10.8. The Morgan fingerprint density at radius 3 is 2.40 bits per heavy atom. The van der Waals surface area contributed by atoms with Crippen LogP contribution >= 0.6 is 0 Å². The highest BCUT2D eigenvalue weighted by Crippen LogP contribution is 2.88. The molecule has 0 bridgehead atoms. The lowest BCUT2D eigenvalue weighted by molar-refractivity contribution is -0.156. The van der Waals surface area contributed by atoms with E-state index in [0.29, 0.717) is 0 Å². The second-order valence-corrected chi connectivity index (χ2v) is 6.56. The smallest absolute Gasteiger partial charge is 0.0201 e. The Balaban J connectivity index is 1.71. The molecule has 7 atom stereocenters. The van der Waals surface area contributed by atoms with Crippen LogP contribution in [0.4, 0.5) is 0 Å². The Morgan fingerprint density at radius 2 is 1.80 bits per heavy atom. The molecular formula is C15H26. The lowest BCUT2D eigenvalue weighted by atomic mass is 9.42. The fourth-order valence-electron chi connectivity index (χ4n) is 5.91. The summed E-state index contributed by atoms with van der Waals surface area (Å²) in [6, 6.07) is 0. The first-order valence-electron chi connectivity index (χ1n) is 7.20. The molecule has 3 saturated carbocycles. The molecule has 0 aromatic heterocycles. The van der Waals surface area contributed by atoms with E-state index in [2.05, 4.69) is 27.7 Å². The van der Waals surface area contributed by atoms with Crippen LogP contribution in [0.3, 0.4) is 0 Å². The summed E-state index contributed by atoms with van der Waals surface area (Å²) in [6.45, 7) is 9.81. The average molecular weight is 206 g/mol. The summed E-state index contributed by atoms with van der Waals surface area (Å²) >= 11 is 0. The molecule has 0 heteroatoms. The summed E-state index contributed by atoms with van der Waals surface area (Å²) in [4.78, 5) is 0. The van der Waals surface area contributed by atoms with E-state index in [0.717, 1.165) is 40.9 Å². The summed E-state index contributed by atoms with van der Waals surface area (Å²) < 4.78 is 0. The van der Waals surface area contributed by atoms with Gasteiger partial charge in [0.2, 0.25) is 0 Å². The fourth-order valence-corrected chi connectivity index (χ4v) is 5.91. The van der Waals surface area contributed by atoms with Crippen molar-refractivity contribution in [1.29, 1.82) is 0 Å². The SMILES string of the molecule is CCCCC12C(C)C1C1C(CC)C(C)C12. The molecular weight excluding hydrogens is 180 g/mol. The summed E-state index contributed by atoms with van der Waals surface area (Å²) in [7, 11) is 0. The van der Waals surface area contributed by atoms with Gasteiger partial charge in [-0.25, -0.2) is 0 Å². The normalized spacial score (nSPS) is 60.0. The van der Waals surface area contributed by atoms with Crippen molar-refractivity contribution in [3.63, 3.8) is 0 Å². The van der Waals surface area contributed by atoms with E-state index in [4.69, 9.17) is 0 Å². The lowest BCUT2D eigenvalue weighted by Crippen LogP contribution is -2.58. The van der Waals surface area contributed by atoms with Crippen molar-refractivity contribution in [2.24, 2.45) is 40.9 Å². The van der Waals surface area contributed by atoms with Gasteiger partial charge in [0.05, 0.1) is 0 Å². The standard InChI is InChI=1S/C15H26/c1-5-7-8-15-10(4)14(15)12-11(6-2)9(3)13(12)15/h9-14H,5-8H2,1-4H3. The highest BCUT2D eigenvalue weighted by molar-refractivity contribution is 5.30. The minimum atomic E-state index is 0.867. The van der Waals surface area contributed by atoms with Crippen molar-refractivity contribution in [3.8, 4) is 0 Å². The van der Waals surface area contributed by atoms with Gasteiger partial charge in [-0.3, -0.25) is 0 Å². The molecule has 0 amide bonds. The molecule has 86 valence electrons. The van der Waals surface area contributed by atoms with Gasteiger partial charge < -0.3 is 0 Å². The van der Waals surface area contributed by atoms with Crippen LogP contribution in [0.1, 0.15) is 53.4 Å². The van der Waals surface area contributed by atoms with Gasteiger partial charge in [-0.15, -0.1) is 0 Å². The first-order chi connectivity index (χ1) is 7.20. The second-order valence-electron chi connectivity index (χ2n) is 6.56. The van der Waals surface area contributed by atoms with Gasteiger partial charge in [0, 0.05) is 0 Å². The molecule has 0 aromatic rings. The third-order valence-corrected chi connectivity index (χ3v) is 6.52. The Labute approximate surface area is 94.8 Å². The zero-order chi connectivity index (χ0) is 10.8. The van der Waals surface area contributed by atoms with Gasteiger partial charge in [0.15, 0.2) is 0 Å². The van der Waals surface area contributed by atoms with Crippen molar-refractivity contribution in [3.05, 3.63) is 0 Å². The third-order valence-electron chi connectivity index (χ3n) is 6.52. The molecule has 3 aliphatic rings. The maximum atomic E-state index is 2.54. The molecule has 0 saturated heterocycles. The molecule has 15 heavy (non-hydrogen) atoms. The molecule has 0 aromatic carbocycles. The Morgan fingerprint density at radius 1 is 1.07 bits per heavy atom. The molecule has 0 N–H and O–H groups in total. The minimum Gasteiger partial charge on any atom is -0.0654 e. The fraction of sp³-hybridized carbons (Fsp3) is 1.00. The van der Waals surface area contributed by atoms with E-state index in [1.807, 2.05) is 0 Å².